The number of hydrogen-bond acceptors (Lipinski definition) is 3. The number of nitrogens with zero attached hydrogens (tertiary/aromatic N) is 1. The number of carbonyl (C=O) groups excluding carboxylic acids is 1. The number of rotatable bonds is 2. The van der Waals surface area contributed by atoms with Crippen molar-refractivity contribution in [3.63, 3.8) is 0 Å². The Morgan fingerprint density at radius 2 is 2.14 bits per heavy atom. The van der Waals surface area contributed by atoms with Crippen LogP contribution < -0.4 is 5.73 Å². The third kappa shape index (κ3) is 1.72. The molecule has 0 atom stereocenters. The van der Waals surface area contributed by atoms with Crippen LogP contribution in [0, 0.1) is 15.9 Å². The molecule has 0 aliphatic rings. The molecule has 7 heteroatoms. The molecule has 0 aliphatic carbocycles. The van der Waals surface area contributed by atoms with E-state index in [1.54, 1.807) is 0 Å². The molecule has 0 spiro atoms. The van der Waals surface area contributed by atoms with Gasteiger partial charge in [-0.2, -0.15) is 4.39 Å². The van der Waals surface area contributed by atoms with Crippen molar-refractivity contribution in [1.82, 2.24) is 0 Å². The van der Waals surface area contributed by atoms with Gasteiger partial charge in [0, 0.05) is 0 Å². The Bertz CT molecular complexity index is 422. The van der Waals surface area contributed by atoms with Crippen molar-refractivity contribution in [3.8, 4) is 0 Å². The predicted molar refractivity (Wildman–Crippen MR) is 49.3 cm³/mol. The lowest BCUT2D eigenvalue weighted by atomic mass is 10.1. The maximum Gasteiger partial charge on any atom is 0.318 e. The van der Waals surface area contributed by atoms with Gasteiger partial charge in [-0.05, 0) is 28.1 Å². The van der Waals surface area contributed by atoms with Gasteiger partial charge in [-0.15, -0.1) is 0 Å². The molecule has 1 aromatic carbocycles. The highest BCUT2D eigenvalue weighted by Crippen LogP contribution is 2.28. The fraction of sp³-hybridized carbons (Fsp3) is 0. The quantitative estimate of drug-likeness (QED) is 0.649. The van der Waals surface area contributed by atoms with E-state index < -0.39 is 27.9 Å². The molecule has 74 valence electrons. The minimum atomic E-state index is -1.11. The SMILES string of the molecule is NC(=O)c1ccc(Br)c(F)c1[N+](=O)[O-]. The van der Waals surface area contributed by atoms with Gasteiger partial charge < -0.3 is 5.73 Å². The van der Waals surface area contributed by atoms with Crippen molar-refractivity contribution in [1.29, 1.82) is 0 Å². The van der Waals surface area contributed by atoms with Gasteiger partial charge in [0.15, 0.2) is 0 Å². The molecule has 1 rings (SSSR count). The van der Waals surface area contributed by atoms with Crippen LogP contribution in [0.25, 0.3) is 0 Å². The van der Waals surface area contributed by atoms with E-state index in [4.69, 9.17) is 5.73 Å². The molecule has 0 bridgehead atoms. The fourth-order valence-electron chi connectivity index (χ4n) is 0.917. The average molecular weight is 263 g/mol. The first-order chi connectivity index (χ1) is 6.45. The van der Waals surface area contributed by atoms with Crippen LogP contribution in [0.2, 0.25) is 0 Å². The van der Waals surface area contributed by atoms with Gasteiger partial charge in [0.2, 0.25) is 5.82 Å². The van der Waals surface area contributed by atoms with Crippen molar-refractivity contribution in [2.75, 3.05) is 0 Å². The zero-order chi connectivity index (χ0) is 10.9. The molecular weight excluding hydrogens is 259 g/mol. The lowest BCUT2D eigenvalue weighted by Gasteiger charge is -2.00. The van der Waals surface area contributed by atoms with E-state index in [1.165, 1.54) is 6.07 Å². The van der Waals surface area contributed by atoms with E-state index in [1.807, 2.05) is 0 Å². The lowest BCUT2D eigenvalue weighted by molar-refractivity contribution is -0.387. The third-order valence-corrected chi connectivity index (χ3v) is 2.13. The van der Waals surface area contributed by atoms with Crippen molar-refractivity contribution in [2.45, 2.75) is 0 Å². The number of nitrogens with two attached hydrogens (primary N) is 1. The maximum absolute atomic E-state index is 13.2. The maximum atomic E-state index is 13.2. The predicted octanol–water partition coefficient (Wildman–Crippen LogP) is 1.60. The van der Waals surface area contributed by atoms with Gasteiger partial charge in [-0.1, -0.05) is 0 Å². The van der Waals surface area contributed by atoms with E-state index in [2.05, 4.69) is 15.9 Å². The number of carbonyl (C=O) groups is 1. The second-order valence-corrected chi connectivity index (χ2v) is 3.23. The molecule has 0 saturated heterocycles. The first kappa shape index (κ1) is 10.6. The van der Waals surface area contributed by atoms with E-state index in [0.29, 0.717) is 0 Å². The summed E-state index contributed by atoms with van der Waals surface area (Å²) in [5, 5.41) is 10.4. The molecule has 5 nitrogen and oxygen atoms in total. The summed E-state index contributed by atoms with van der Waals surface area (Å²) < 4.78 is 13.1. The normalized spacial score (nSPS) is 9.86. The van der Waals surface area contributed by atoms with Crippen molar-refractivity contribution in [2.24, 2.45) is 5.73 Å². The van der Waals surface area contributed by atoms with Gasteiger partial charge in [0.25, 0.3) is 5.91 Å². The van der Waals surface area contributed by atoms with Gasteiger partial charge in [0.1, 0.15) is 5.56 Å². The summed E-state index contributed by atoms with van der Waals surface area (Å²) in [4.78, 5) is 20.2. The fourth-order valence-corrected chi connectivity index (χ4v) is 1.24. The van der Waals surface area contributed by atoms with E-state index in [0.717, 1.165) is 6.07 Å². The average Bonchev–Trinajstić information content (AvgIpc) is 2.08. The summed E-state index contributed by atoms with van der Waals surface area (Å²) >= 11 is 2.77. The molecule has 0 saturated carbocycles. The monoisotopic (exact) mass is 262 g/mol. The van der Waals surface area contributed by atoms with E-state index >= 15 is 0 Å². The van der Waals surface area contributed by atoms with Gasteiger partial charge in [-0.25, -0.2) is 0 Å². The Balaban J connectivity index is 3.53. The summed E-state index contributed by atoms with van der Waals surface area (Å²) in [6.45, 7) is 0. The molecule has 0 fully saturated rings. The lowest BCUT2D eigenvalue weighted by Crippen LogP contribution is -2.14. The van der Waals surface area contributed by atoms with Crippen LogP contribution in [-0.2, 0) is 0 Å². The number of hydrogen-bond donors (Lipinski definition) is 1. The second kappa shape index (κ2) is 3.70. The molecule has 1 aromatic rings. The van der Waals surface area contributed by atoms with Crippen LogP contribution in [0.15, 0.2) is 16.6 Å². The molecule has 0 radical (unpaired) electrons. The summed E-state index contributed by atoms with van der Waals surface area (Å²) in [6, 6.07) is 2.27. The molecule has 1 amide bonds. The van der Waals surface area contributed by atoms with Crippen LogP contribution in [0.4, 0.5) is 10.1 Å². The topological polar surface area (TPSA) is 86.2 Å². The van der Waals surface area contributed by atoms with E-state index in [-0.39, 0.29) is 4.47 Å². The minimum Gasteiger partial charge on any atom is -0.365 e. The van der Waals surface area contributed by atoms with Crippen LogP contribution >= 0.6 is 15.9 Å². The van der Waals surface area contributed by atoms with Crippen molar-refractivity contribution >= 4 is 27.5 Å². The number of halogens is 2. The van der Waals surface area contributed by atoms with Gasteiger partial charge in [0.05, 0.1) is 9.40 Å². The third-order valence-electron chi connectivity index (χ3n) is 1.52. The van der Waals surface area contributed by atoms with Crippen molar-refractivity contribution < 1.29 is 14.1 Å². The Labute approximate surface area is 86.0 Å². The standard InChI is InChI=1S/C7H4BrFN2O3/c8-4-2-1-3(7(10)12)6(5(4)9)11(13)14/h1-2H,(H2,10,12). The zero-order valence-corrected chi connectivity index (χ0v) is 8.25. The van der Waals surface area contributed by atoms with E-state index in [9.17, 15) is 19.3 Å². The second-order valence-electron chi connectivity index (χ2n) is 2.38. The number of nitro benzene ring substituents is 1. The Kier molecular flexibility index (Phi) is 2.80. The molecular formula is C7H4BrFN2O3. The van der Waals surface area contributed by atoms with Gasteiger partial charge in [-0.3, -0.25) is 14.9 Å². The first-order valence-electron chi connectivity index (χ1n) is 3.37. The Hall–Kier alpha value is -1.50. The summed E-state index contributed by atoms with van der Waals surface area (Å²) in [6.07, 6.45) is 0. The molecule has 0 aliphatic heterocycles. The van der Waals surface area contributed by atoms with Gasteiger partial charge >= 0.3 is 5.69 Å². The molecule has 2 N–H and O–H groups in total. The first-order valence-corrected chi connectivity index (χ1v) is 4.16. The highest BCUT2D eigenvalue weighted by molar-refractivity contribution is 9.10. The summed E-state index contributed by atoms with van der Waals surface area (Å²) in [5.74, 6) is -2.14. The number of primary amides is 1. The Morgan fingerprint density at radius 1 is 1.57 bits per heavy atom. The number of amides is 1. The van der Waals surface area contributed by atoms with Crippen LogP contribution in [-0.4, -0.2) is 10.8 Å². The largest absolute Gasteiger partial charge is 0.365 e. The van der Waals surface area contributed by atoms with Crippen LogP contribution in [0.3, 0.4) is 0 Å². The smallest absolute Gasteiger partial charge is 0.318 e. The van der Waals surface area contributed by atoms with Crippen molar-refractivity contribution in [3.05, 3.63) is 38.1 Å². The molecule has 0 aromatic heterocycles. The van der Waals surface area contributed by atoms with Crippen LogP contribution in [0.5, 0.6) is 0 Å². The zero-order valence-electron chi connectivity index (χ0n) is 6.66. The summed E-state index contributed by atoms with van der Waals surface area (Å²) in [5.41, 5.74) is 3.49. The number of benzene rings is 1. The number of nitro groups is 1. The molecule has 0 heterocycles. The molecule has 14 heavy (non-hydrogen) atoms. The highest BCUT2D eigenvalue weighted by atomic mass is 79.9. The Morgan fingerprint density at radius 3 is 2.57 bits per heavy atom. The highest BCUT2D eigenvalue weighted by Gasteiger charge is 2.25. The van der Waals surface area contributed by atoms with Crippen LogP contribution in [0.1, 0.15) is 10.4 Å². The molecule has 0 unspecified atom stereocenters. The minimum absolute atomic E-state index is 0.0887. The summed E-state index contributed by atoms with van der Waals surface area (Å²) in [7, 11) is 0.